The largest absolute Gasteiger partial charge is 0.387 e. The van der Waals surface area contributed by atoms with Gasteiger partial charge in [0.2, 0.25) is 0 Å². The van der Waals surface area contributed by atoms with Crippen LogP contribution in [0, 0.1) is 10.1 Å². The maximum atomic E-state index is 10.8. The number of aliphatic hydroxyl groups excluding tert-OH is 1. The number of non-ortho nitro benzene ring substituents is 1. The van der Waals surface area contributed by atoms with Gasteiger partial charge in [0.25, 0.3) is 5.69 Å². The summed E-state index contributed by atoms with van der Waals surface area (Å²) in [6, 6.07) is 6.19. The molecule has 21 heavy (non-hydrogen) atoms. The number of aliphatic hydroxyl groups is 1. The van der Waals surface area contributed by atoms with Gasteiger partial charge in [-0.05, 0) is 24.9 Å². The van der Waals surface area contributed by atoms with Crippen LogP contribution in [-0.2, 0) is 4.74 Å². The van der Waals surface area contributed by atoms with Gasteiger partial charge >= 0.3 is 0 Å². The molecule has 2 unspecified atom stereocenters. The molecule has 0 aliphatic carbocycles. The standard InChI is InChI=1S/C15H22N2O4/c1-2-16(10-14-7-4-8-21-14)11-15(18)12-5-3-6-13(9-12)17(19)20/h3,5-6,9,14-15,18H,2,4,7-8,10-11H2,1H3. The van der Waals surface area contributed by atoms with Crippen molar-refractivity contribution in [2.45, 2.75) is 32.0 Å². The number of hydrogen-bond acceptors (Lipinski definition) is 5. The maximum absolute atomic E-state index is 10.8. The quantitative estimate of drug-likeness (QED) is 0.616. The lowest BCUT2D eigenvalue weighted by molar-refractivity contribution is -0.385. The van der Waals surface area contributed by atoms with Crippen LogP contribution in [0.3, 0.4) is 0 Å². The monoisotopic (exact) mass is 294 g/mol. The molecule has 1 heterocycles. The molecule has 1 aromatic carbocycles. The molecule has 1 aliphatic rings. The first-order valence-corrected chi connectivity index (χ1v) is 7.36. The average molecular weight is 294 g/mol. The molecule has 0 radical (unpaired) electrons. The molecule has 1 aromatic rings. The molecule has 1 N–H and O–H groups in total. The molecule has 0 saturated carbocycles. The molecule has 2 rings (SSSR count). The highest BCUT2D eigenvalue weighted by atomic mass is 16.6. The highest BCUT2D eigenvalue weighted by molar-refractivity contribution is 5.35. The Bertz CT molecular complexity index is 474. The van der Waals surface area contributed by atoms with Crippen molar-refractivity contribution in [1.29, 1.82) is 0 Å². The van der Waals surface area contributed by atoms with Crippen molar-refractivity contribution in [1.82, 2.24) is 4.90 Å². The third kappa shape index (κ3) is 4.49. The summed E-state index contributed by atoms with van der Waals surface area (Å²) in [4.78, 5) is 12.5. The van der Waals surface area contributed by atoms with Crippen molar-refractivity contribution in [3.8, 4) is 0 Å². The van der Waals surface area contributed by atoms with Crippen LogP contribution >= 0.6 is 0 Å². The van der Waals surface area contributed by atoms with Crippen LogP contribution in [0.15, 0.2) is 24.3 Å². The first-order valence-electron chi connectivity index (χ1n) is 7.36. The zero-order valence-corrected chi connectivity index (χ0v) is 12.3. The van der Waals surface area contributed by atoms with E-state index in [1.165, 1.54) is 12.1 Å². The van der Waals surface area contributed by atoms with E-state index in [9.17, 15) is 15.2 Å². The Morgan fingerprint density at radius 1 is 1.57 bits per heavy atom. The van der Waals surface area contributed by atoms with Gasteiger partial charge in [-0.25, -0.2) is 0 Å². The van der Waals surface area contributed by atoms with E-state index in [0.29, 0.717) is 12.1 Å². The van der Waals surface area contributed by atoms with Gasteiger partial charge in [0.05, 0.1) is 17.1 Å². The second-order valence-electron chi connectivity index (χ2n) is 5.36. The first kappa shape index (κ1) is 15.9. The lowest BCUT2D eigenvalue weighted by atomic mass is 10.1. The van der Waals surface area contributed by atoms with E-state index in [0.717, 1.165) is 32.5 Å². The van der Waals surface area contributed by atoms with Crippen LogP contribution in [-0.4, -0.2) is 47.3 Å². The Morgan fingerprint density at radius 2 is 2.38 bits per heavy atom. The Morgan fingerprint density at radius 3 is 3.00 bits per heavy atom. The van der Waals surface area contributed by atoms with E-state index in [-0.39, 0.29) is 11.8 Å². The number of nitro groups is 1. The number of nitrogens with zero attached hydrogens (tertiary/aromatic N) is 2. The van der Waals surface area contributed by atoms with E-state index >= 15 is 0 Å². The van der Waals surface area contributed by atoms with Crippen LogP contribution in [0.5, 0.6) is 0 Å². The first-order chi connectivity index (χ1) is 10.1. The minimum atomic E-state index is -0.730. The van der Waals surface area contributed by atoms with Crippen LogP contribution in [0.1, 0.15) is 31.4 Å². The van der Waals surface area contributed by atoms with Crippen molar-refractivity contribution in [3.63, 3.8) is 0 Å². The molecule has 1 aliphatic heterocycles. The van der Waals surface area contributed by atoms with Crippen LogP contribution in [0.2, 0.25) is 0 Å². The minimum absolute atomic E-state index is 0.00808. The van der Waals surface area contributed by atoms with E-state index in [1.807, 2.05) is 6.92 Å². The summed E-state index contributed by atoms with van der Waals surface area (Å²) in [6.07, 6.45) is 1.66. The predicted octanol–water partition coefficient (Wildman–Crippen LogP) is 2.13. The smallest absolute Gasteiger partial charge is 0.269 e. The van der Waals surface area contributed by atoms with Gasteiger partial charge in [-0.2, -0.15) is 0 Å². The van der Waals surface area contributed by atoms with Crippen LogP contribution < -0.4 is 0 Å². The van der Waals surface area contributed by atoms with Gasteiger partial charge in [0.15, 0.2) is 0 Å². The van der Waals surface area contributed by atoms with Crippen molar-refractivity contribution in [3.05, 3.63) is 39.9 Å². The molecule has 1 saturated heterocycles. The van der Waals surface area contributed by atoms with Gasteiger partial charge in [-0.1, -0.05) is 19.1 Å². The van der Waals surface area contributed by atoms with Gasteiger partial charge in [-0.15, -0.1) is 0 Å². The third-order valence-electron chi connectivity index (χ3n) is 3.83. The third-order valence-corrected chi connectivity index (χ3v) is 3.83. The predicted molar refractivity (Wildman–Crippen MR) is 79.1 cm³/mol. The number of ether oxygens (including phenoxy) is 1. The summed E-state index contributed by atoms with van der Waals surface area (Å²) in [7, 11) is 0. The number of likely N-dealkylation sites (N-methyl/N-ethyl adjacent to an activating group) is 1. The fourth-order valence-corrected chi connectivity index (χ4v) is 2.60. The lowest BCUT2D eigenvalue weighted by Crippen LogP contribution is -2.35. The normalized spacial score (nSPS) is 19.9. The van der Waals surface area contributed by atoms with E-state index in [2.05, 4.69) is 4.90 Å². The average Bonchev–Trinajstić information content (AvgIpc) is 2.99. The van der Waals surface area contributed by atoms with Crippen molar-refractivity contribution >= 4 is 5.69 Å². The fraction of sp³-hybridized carbons (Fsp3) is 0.600. The topological polar surface area (TPSA) is 75.8 Å². The molecule has 1 fully saturated rings. The second-order valence-corrected chi connectivity index (χ2v) is 5.36. The zero-order chi connectivity index (χ0) is 15.2. The maximum Gasteiger partial charge on any atom is 0.269 e. The Hall–Kier alpha value is -1.50. The molecule has 116 valence electrons. The van der Waals surface area contributed by atoms with Gasteiger partial charge < -0.3 is 9.84 Å². The zero-order valence-electron chi connectivity index (χ0n) is 12.3. The van der Waals surface area contributed by atoms with Crippen molar-refractivity contribution < 1.29 is 14.8 Å². The molecule has 2 atom stereocenters. The highest BCUT2D eigenvalue weighted by Gasteiger charge is 2.21. The molecular weight excluding hydrogens is 272 g/mol. The summed E-state index contributed by atoms with van der Waals surface area (Å²) >= 11 is 0. The van der Waals surface area contributed by atoms with Crippen molar-refractivity contribution in [2.24, 2.45) is 0 Å². The fourth-order valence-electron chi connectivity index (χ4n) is 2.60. The number of rotatable bonds is 7. The summed E-state index contributed by atoms with van der Waals surface area (Å²) in [5.74, 6) is 0. The Kier molecular flexibility index (Phi) is 5.67. The van der Waals surface area contributed by atoms with Crippen LogP contribution in [0.4, 0.5) is 5.69 Å². The molecule has 0 amide bonds. The van der Waals surface area contributed by atoms with Gasteiger partial charge in [0.1, 0.15) is 0 Å². The summed E-state index contributed by atoms with van der Waals surface area (Å²) in [5, 5.41) is 21.1. The van der Waals surface area contributed by atoms with E-state index in [4.69, 9.17) is 4.74 Å². The lowest BCUT2D eigenvalue weighted by Gasteiger charge is -2.26. The Labute approximate surface area is 124 Å². The van der Waals surface area contributed by atoms with E-state index in [1.54, 1.807) is 12.1 Å². The number of nitro benzene ring substituents is 1. The molecular formula is C15H22N2O4. The SMILES string of the molecule is CCN(CC1CCCO1)CC(O)c1cccc([N+](=O)[O-])c1. The summed E-state index contributed by atoms with van der Waals surface area (Å²) in [5.41, 5.74) is 0.587. The molecule has 6 heteroatoms. The van der Waals surface area contributed by atoms with Gasteiger partial charge in [0, 0.05) is 31.8 Å². The Balaban J connectivity index is 1.96. The molecule has 6 nitrogen and oxygen atoms in total. The number of benzene rings is 1. The molecule has 0 aromatic heterocycles. The molecule has 0 spiro atoms. The second kappa shape index (κ2) is 7.49. The van der Waals surface area contributed by atoms with Crippen LogP contribution in [0.25, 0.3) is 0 Å². The summed E-state index contributed by atoms with van der Waals surface area (Å²) < 4.78 is 5.61. The van der Waals surface area contributed by atoms with E-state index < -0.39 is 11.0 Å². The molecule has 0 bridgehead atoms. The number of hydrogen-bond donors (Lipinski definition) is 1. The highest BCUT2D eigenvalue weighted by Crippen LogP contribution is 2.21. The van der Waals surface area contributed by atoms with Gasteiger partial charge in [-0.3, -0.25) is 15.0 Å². The summed E-state index contributed by atoms with van der Waals surface area (Å²) in [6.45, 7) is 4.91. The minimum Gasteiger partial charge on any atom is -0.387 e. The van der Waals surface area contributed by atoms with Crippen molar-refractivity contribution in [2.75, 3.05) is 26.2 Å².